The highest BCUT2D eigenvalue weighted by molar-refractivity contribution is 7.89. The summed E-state index contributed by atoms with van der Waals surface area (Å²) in [7, 11) is -1.79. The monoisotopic (exact) mass is 407 g/mol. The number of hydrogen-bond acceptors (Lipinski definition) is 4. The van der Waals surface area contributed by atoms with Gasteiger partial charge in [-0.15, -0.1) is 0 Å². The minimum atomic E-state index is -3.57. The predicted molar refractivity (Wildman–Crippen MR) is 112 cm³/mol. The molecule has 1 aromatic rings. The molecule has 0 aliphatic carbocycles. The van der Waals surface area contributed by atoms with Crippen LogP contribution in [-0.4, -0.2) is 62.8 Å². The Hall–Kier alpha value is -1.60. The molecule has 0 spiro atoms. The Balaban J connectivity index is 2.01. The molecular weight excluding hydrogens is 374 g/mol. The molecule has 0 saturated carbocycles. The first-order valence-electron chi connectivity index (χ1n) is 10.5. The zero-order chi connectivity index (χ0) is 20.3. The fraction of sp³-hybridized carbons (Fsp3) is 0.667. The number of carbonyl (C=O) groups excluding carboxylic acids is 1. The first kappa shape index (κ1) is 21.1. The summed E-state index contributed by atoms with van der Waals surface area (Å²) in [6, 6.07) is 5.17. The van der Waals surface area contributed by atoms with Crippen LogP contribution >= 0.6 is 0 Å². The third-order valence-corrected chi connectivity index (χ3v) is 7.84. The van der Waals surface area contributed by atoms with Gasteiger partial charge in [0.25, 0.3) is 5.91 Å². The maximum Gasteiger partial charge on any atom is 0.255 e. The molecule has 0 unspecified atom stereocenters. The van der Waals surface area contributed by atoms with Gasteiger partial charge < -0.3 is 9.80 Å². The van der Waals surface area contributed by atoms with E-state index in [-0.39, 0.29) is 16.8 Å². The van der Waals surface area contributed by atoms with Gasteiger partial charge in [-0.25, -0.2) is 8.42 Å². The van der Waals surface area contributed by atoms with Crippen molar-refractivity contribution in [1.29, 1.82) is 0 Å². The number of rotatable bonds is 5. The highest BCUT2D eigenvalue weighted by Crippen LogP contribution is 2.30. The van der Waals surface area contributed by atoms with Crippen molar-refractivity contribution in [1.82, 2.24) is 9.21 Å². The Morgan fingerprint density at radius 2 is 1.54 bits per heavy atom. The van der Waals surface area contributed by atoms with E-state index in [0.29, 0.717) is 18.7 Å². The first-order valence-corrected chi connectivity index (χ1v) is 11.9. The smallest absolute Gasteiger partial charge is 0.255 e. The van der Waals surface area contributed by atoms with Crippen LogP contribution in [0.5, 0.6) is 0 Å². The van der Waals surface area contributed by atoms with E-state index in [0.717, 1.165) is 50.9 Å². The summed E-state index contributed by atoms with van der Waals surface area (Å²) >= 11 is 0. The zero-order valence-corrected chi connectivity index (χ0v) is 18.2. The number of nitrogens with zero attached hydrogens (tertiary/aromatic N) is 3. The van der Waals surface area contributed by atoms with Gasteiger partial charge in [-0.2, -0.15) is 4.31 Å². The van der Waals surface area contributed by atoms with Gasteiger partial charge in [0.1, 0.15) is 0 Å². The van der Waals surface area contributed by atoms with Crippen molar-refractivity contribution in [3.05, 3.63) is 23.8 Å². The zero-order valence-electron chi connectivity index (χ0n) is 17.4. The van der Waals surface area contributed by atoms with Crippen LogP contribution in [0, 0.1) is 0 Å². The molecule has 1 aromatic carbocycles. The Morgan fingerprint density at radius 1 is 0.964 bits per heavy atom. The molecule has 2 aliphatic heterocycles. The van der Waals surface area contributed by atoms with Crippen LogP contribution in [0.1, 0.15) is 62.7 Å². The Bertz CT molecular complexity index is 795. The van der Waals surface area contributed by atoms with Gasteiger partial charge in [-0.3, -0.25) is 4.79 Å². The quantitative estimate of drug-likeness (QED) is 0.751. The molecule has 6 nitrogen and oxygen atoms in total. The average molecular weight is 408 g/mol. The van der Waals surface area contributed by atoms with Gasteiger partial charge in [0.05, 0.1) is 10.5 Å². The van der Waals surface area contributed by atoms with E-state index < -0.39 is 10.0 Å². The molecule has 0 atom stereocenters. The summed E-state index contributed by atoms with van der Waals surface area (Å²) in [5, 5.41) is 0. The van der Waals surface area contributed by atoms with Crippen molar-refractivity contribution >= 4 is 21.6 Å². The largest absolute Gasteiger partial charge is 0.371 e. The SMILES string of the molecule is CC(C)N(C)C(=O)c1cc(S(=O)(=O)N2CCCCC2)ccc1N1CCCCC1. The maximum absolute atomic E-state index is 13.2. The number of amides is 1. The lowest BCUT2D eigenvalue weighted by Gasteiger charge is -2.32. The number of anilines is 1. The molecule has 1 amide bonds. The summed E-state index contributed by atoms with van der Waals surface area (Å²) in [6.07, 6.45) is 6.26. The molecule has 0 radical (unpaired) electrons. The molecule has 2 saturated heterocycles. The highest BCUT2D eigenvalue weighted by atomic mass is 32.2. The highest BCUT2D eigenvalue weighted by Gasteiger charge is 2.29. The second-order valence-corrected chi connectivity index (χ2v) is 10.1. The Morgan fingerprint density at radius 3 is 2.11 bits per heavy atom. The Kier molecular flexibility index (Phi) is 6.65. The van der Waals surface area contributed by atoms with E-state index in [2.05, 4.69) is 4.90 Å². The van der Waals surface area contributed by atoms with Gasteiger partial charge in [-0.05, 0) is 64.2 Å². The lowest BCUT2D eigenvalue weighted by molar-refractivity contribution is 0.0755. The van der Waals surface area contributed by atoms with Crippen molar-refractivity contribution in [2.45, 2.75) is 63.3 Å². The third kappa shape index (κ3) is 4.35. The van der Waals surface area contributed by atoms with Gasteiger partial charge in [0.15, 0.2) is 0 Å². The number of benzene rings is 1. The second kappa shape index (κ2) is 8.82. The number of hydrogen-bond donors (Lipinski definition) is 0. The molecule has 156 valence electrons. The van der Waals surface area contributed by atoms with Crippen LogP contribution in [0.15, 0.2) is 23.1 Å². The van der Waals surface area contributed by atoms with Gasteiger partial charge in [0.2, 0.25) is 10.0 Å². The average Bonchev–Trinajstić information content (AvgIpc) is 2.73. The molecule has 0 bridgehead atoms. The van der Waals surface area contributed by atoms with Gasteiger partial charge in [0, 0.05) is 45.0 Å². The van der Waals surface area contributed by atoms with E-state index in [9.17, 15) is 13.2 Å². The van der Waals surface area contributed by atoms with Crippen molar-refractivity contribution in [2.75, 3.05) is 38.1 Å². The molecule has 2 heterocycles. The normalized spacial score (nSPS) is 19.1. The topological polar surface area (TPSA) is 60.9 Å². The van der Waals surface area contributed by atoms with Crippen LogP contribution in [0.25, 0.3) is 0 Å². The minimum Gasteiger partial charge on any atom is -0.371 e. The van der Waals surface area contributed by atoms with Crippen molar-refractivity contribution < 1.29 is 13.2 Å². The Labute approximate surface area is 169 Å². The van der Waals surface area contributed by atoms with Crippen molar-refractivity contribution in [3.8, 4) is 0 Å². The van der Waals surface area contributed by atoms with Crippen LogP contribution in [0.3, 0.4) is 0 Å². The number of sulfonamides is 1. The summed E-state index contributed by atoms with van der Waals surface area (Å²) in [6.45, 7) is 6.87. The summed E-state index contributed by atoms with van der Waals surface area (Å²) < 4.78 is 27.8. The number of carbonyl (C=O) groups is 1. The maximum atomic E-state index is 13.2. The summed E-state index contributed by atoms with van der Waals surface area (Å²) in [5.41, 5.74) is 1.35. The van der Waals surface area contributed by atoms with Crippen molar-refractivity contribution in [3.63, 3.8) is 0 Å². The standard InChI is InChI=1S/C21H33N3O3S/c1-17(2)22(3)21(25)19-16-18(28(26,27)24-14-8-5-9-15-24)10-11-20(19)23-12-6-4-7-13-23/h10-11,16-17H,4-9,12-15H2,1-3H3. The third-order valence-electron chi connectivity index (χ3n) is 5.94. The summed E-state index contributed by atoms with van der Waals surface area (Å²) in [5.74, 6) is -0.119. The van der Waals surface area contributed by atoms with Gasteiger partial charge >= 0.3 is 0 Å². The lowest BCUT2D eigenvalue weighted by Crippen LogP contribution is -2.37. The molecule has 0 N–H and O–H groups in total. The fourth-order valence-corrected chi connectivity index (χ4v) is 5.48. The fourth-order valence-electron chi connectivity index (χ4n) is 3.94. The molecule has 7 heteroatoms. The van der Waals surface area contributed by atoms with E-state index in [4.69, 9.17) is 0 Å². The predicted octanol–water partition coefficient (Wildman–Crippen LogP) is 3.33. The number of piperidine rings is 2. The molecule has 0 aromatic heterocycles. The first-order chi connectivity index (χ1) is 13.3. The second-order valence-electron chi connectivity index (χ2n) is 8.20. The van der Waals surface area contributed by atoms with Crippen LogP contribution in [0.2, 0.25) is 0 Å². The molecule has 2 fully saturated rings. The van der Waals surface area contributed by atoms with E-state index in [1.54, 1.807) is 28.4 Å². The van der Waals surface area contributed by atoms with Crippen LogP contribution < -0.4 is 4.90 Å². The molecule has 3 rings (SSSR count). The molecule has 2 aliphatic rings. The van der Waals surface area contributed by atoms with Crippen LogP contribution in [0.4, 0.5) is 5.69 Å². The van der Waals surface area contributed by atoms with Gasteiger partial charge in [-0.1, -0.05) is 6.42 Å². The van der Waals surface area contributed by atoms with E-state index in [1.807, 2.05) is 19.9 Å². The van der Waals surface area contributed by atoms with E-state index in [1.165, 1.54) is 6.42 Å². The molecular formula is C21H33N3O3S. The van der Waals surface area contributed by atoms with Crippen LogP contribution in [-0.2, 0) is 10.0 Å². The summed E-state index contributed by atoms with van der Waals surface area (Å²) in [4.78, 5) is 17.3. The van der Waals surface area contributed by atoms with E-state index >= 15 is 0 Å². The van der Waals surface area contributed by atoms with Crippen molar-refractivity contribution in [2.24, 2.45) is 0 Å². The molecule has 28 heavy (non-hydrogen) atoms. The lowest BCUT2D eigenvalue weighted by atomic mass is 10.1. The minimum absolute atomic E-state index is 0.0454.